The van der Waals surface area contributed by atoms with Crippen molar-refractivity contribution < 1.29 is 23.2 Å². The fourth-order valence-corrected chi connectivity index (χ4v) is 5.14. The van der Waals surface area contributed by atoms with Crippen molar-refractivity contribution in [3.63, 3.8) is 0 Å². The Bertz CT molecular complexity index is 1190. The maximum absolute atomic E-state index is 13.0. The molecule has 1 aromatic carbocycles. The lowest BCUT2D eigenvalue weighted by Crippen LogP contribution is -2.25. The molecule has 2 N–H and O–H groups in total. The van der Waals surface area contributed by atoms with Crippen LogP contribution in [-0.4, -0.2) is 53.1 Å². The summed E-state index contributed by atoms with van der Waals surface area (Å²) in [5.74, 6) is 4.73. The molecule has 0 radical (unpaired) electrons. The van der Waals surface area contributed by atoms with Crippen molar-refractivity contribution in [2.45, 2.75) is 54.8 Å². The molecule has 1 heterocycles. The number of hydrogen-bond donors (Lipinski definition) is 2. The summed E-state index contributed by atoms with van der Waals surface area (Å²) in [6.45, 7) is -0.290. The number of aliphatic hydroxyl groups excluding tert-OH is 1. The van der Waals surface area contributed by atoms with Gasteiger partial charge in [0.25, 0.3) is 5.91 Å². The number of oxime groups is 1. The van der Waals surface area contributed by atoms with Crippen molar-refractivity contribution >= 4 is 27.3 Å². The number of hydrogen-bond acceptors (Lipinski definition) is 8. The molecule has 0 unspecified atom stereocenters. The summed E-state index contributed by atoms with van der Waals surface area (Å²) in [6, 6.07) is 6.11. The molecule has 1 aromatic heterocycles. The van der Waals surface area contributed by atoms with Crippen LogP contribution in [0, 0.1) is 11.8 Å². The Morgan fingerprint density at radius 1 is 1.12 bits per heavy atom. The zero-order valence-electron chi connectivity index (χ0n) is 17.9. The third-order valence-electron chi connectivity index (χ3n) is 5.42. The fraction of sp³-hybridized carbons (Fsp3) is 0.391. The summed E-state index contributed by atoms with van der Waals surface area (Å²) in [4.78, 5) is 27.0. The highest BCUT2D eigenvalue weighted by Gasteiger charge is 2.36. The lowest BCUT2D eigenvalue weighted by molar-refractivity contribution is -0.110. The molecule has 2 aromatic rings. The predicted octanol–water partition coefficient (Wildman–Crippen LogP) is 2.06. The monoisotopic (exact) mass is 468 g/mol. The average Bonchev–Trinajstić information content (AvgIpc) is 3.57. The molecule has 2 aliphatic carbocycles. The van der Waals surface area contributed by atoms with Gasteiger partial charge in [0.05, 0.1) is 22.5 Å². The summed E-state index contributed by atoms with van der Waals surface area (Å²) in [5, 5.41) is 15.2. The number of benzene rings is 1. The van der Waals surface area contributed by atoms with Crippen LogP contribution in [0.3, 0.4) is 0 Å². The number of nitrogens with one attached hydrogen (secondary N) is 1. The normalized spacial score (nSPS) is 16.7. The lowest BCUT2D eigenvalue weighted by Gasteiger charge is -2.11. The summed E-state index contributed by atoms with van der Waals surface area (Å²) < 4.78 is 24.9. The van der Waals surface area contributed by atoms with Gasteiger partial charge in [0.2, 0.25) is 0 Å². The largest absolute Gasteiger partial charge is 0.392 e. The van der Waals surface area contributed by atoms with Gasteiger partial charge in [-0.25, -0.2) is 18.4 Å². The first-order valence-electron chi connectivity index (χ1n) is 10.8. The topological polar surface area (TPSA) is 131 Å². The maximum Gasteiger partial charge on any atom is 0.279 e. The second-order valence-electron chi connectivity index (χ2n) is 7.92. The van der Waals surface area contributed by atoms with E-state index < -0.39 is 15.7 Å². The van der Waals surface area contributed by atoms with E-state index in [1.807, 2.05) is 0 Å². The highest BCUT2D eigenvalue weighted by Crippen LogP contribution is 2.33. The Morgan fingerprint density at radius 3 is 2.45 bits per heavy atom. The summed E-state index contributed by atoms with van der Waals surface area (Å²) in [5.41, 5.74) is 0.801. The van der Waals surface area contributed by atoms with E-state index in [1.165, 1.54) is 24.5 Å². The Hall–Kier alpha value is -3.29. The molecule has 172 valence electrons. The van der Waals surface area contributed by atoms with Crippen molar-refractivity contribution in [2.24, 2.45) is 5.16 Å². The van der Waals surface area contributed by atoms with Crippen molar-refractivity contribution in [1.82, 2.24) is 9.97 Å². The number of amides is 1. The molecule has 4 rings (SSSR count). The van der Waals surface area contributed by atoms with Crippen molar-refractivity contribution in [3.8, 4) is 11.8 Å². The molecule has 2 saturated carbocycles. The Kier molecular flexibility index (Phi) is 7.01. The molecule has 9 nitrogen and oxygen atoms in total. The minimum Gasteiger partial charge on any atom is -0.392 e. The molecule has 1 amide bonds. The Balaban J connectivity index is 1.55. The van der Waals surface area contributed by atoms with Crippen LogP contribution in [0.1, 0.15) is 49.8 Å². The molecule has 0 bridgehead atoms. The smallest absolute Gasteiger partial charge is 0.279 e. The van der Waals surface area contributed by atoms with Gasteiger partial charge >= 0.3 is 0 Å². The third-order valence-corrected chi connectivity index (χ3v) is 7.70. The fourth-order valence-electron chi connectivity index (χ4n) is 3.48. The van der Waals surface area contributed by atoms with Crippen molar-refractivity contribution in [2.75, 3.05) is 11.9 Å². The molecule has 0 saturated heterocycles. The highest BCUT2D eigenvalue weighted by atomic mass is 32.2. The minimum absolute atomic E-state index is 0.0169. The number of aromatic nitrogens is 2. The Labute approximate surface area is 192 Å². The number of aliphatic hydroxyl groups is 1. The second kappa shape index (κ2) is 10.1. The first-order chi connectivity index (χ1) is 16.0. The zero-order chi connectivity index (χ0) is 23.3. The third kappa shape index (κ3) is 5.74. The number of anilines is 1. The van der Waals surface area contributed by atoms with E-state index in [-0.39, 0.29) is 34.4 Å². The van der Waals surface area contributed by atoms with E-state index in [0.717, 1.165) is 25.7 Å². The van der Waals surface area contributed by atoms with Gasteiger partial charge in [0.1, 0.15) is 18.4 Å². The number of rotatable bonds is 7. The van der Waals surface area contributed by atoms with Crippen molar-refractivity contribution in [1.29, 1.82) is 0 Å². The van der Waals surface area contributed by atoms with Gasteiger partial charge in [-0.2, -0.15) is 0 Å². The van der Waals surface area contributed by atoms with Gasteiger partial charge in [0, 0.05) is 5.56 Å². The molecule has 0 atom stereocenters. The van der Waals surface area contributed by atoms with Gasteiger partial charge in [-0.1, -0.05) is 23.2 Å². The average molecular weight is 469 g/mol. The Morgan fingerprint density at radius 2 is 1.85 bits per heavy atom. The first kappa shape index (κ1) is 22.9. The summed E-state index contributed by atoms with van der Waals surface area (Å²) >= 11 is 0. The quantitative estimate of drug-likeness (QED) is 0.361. The highest BCUT2D eigenvalue weighted by molar-refractivity contribution is 7.92. The van der Waals surface area contributed by atoms with E-state index in [1.54, 1.807) is 12.1 Å². The molecule has 0 aliphatic heterocycles. The second-order valence-corrected chi connectivity index (χ2v) is 10.1. The zero-order valence-corrected chi connectivity index (χ0v) is 18.7. The van der Waals surface area contributed by atoms with E-state index in [2.05, 4.69) is 32.3 Å². The number of sulfone groups is 1. The van der Waals surface area contributed by atoms with E-state index in [0.29, 0.717) is 24.1 Å². The van der Waals surface area contributed by atoms with Gasteiger partial charge < -0.3 is 15.3 Å². The molecule has 2 aliphatic rings. The lowest BCUT2D eigenvalue weighted by atomic mass is 10.1. The SMILES string of the molecule is O=C(Nc1cnc(C#CCO)cn1)/C(=N/OC1CCCC1)c1ccc(S(=O)(=O)C2CC2)cc1. The van der Waals surface area contributed by atoms with Gasteiger partial charge in [-0.15, -0.1) is 0 Å². The minimum atomic E-state index is -3.33. The van der Waals surface area contributed by atoms with E-state index >= 15 is 0 Å². The molecule has 2 fully saturated rings. The molecular formula is C23H24N4O5S. The van der Waals surface area contributed by atoms with Crippen molar-refractivity contribution in [3.05, 3.63) is 47.9 Å². The standard InChI is InChI=1S/C23H24N4O5S/c28-13-3-4-17-14-25-21(15-24-17)26-23(29)22(27-32-18-5-1-2-6-18)16-7-9-19(10-8-16)33(30,31)20-11-12-20/h7-10,14-15,18,20,28H,1-2,5-6,11-13H2,(H,25,26,29)/b27-22+. The predicted molar refractivity (Wildman–Crippen MR) is 121 cm³/mol. The van der Waals surface area contributed by atoms with E-state index in [9.17, 15) is 13.2 Å². The molecule has 10 heteroatoms. The molecular weight excluding hydrogens is 444 g/mol. The van der Waals surface area contributed by atoms with Crippen LogP contribution in [0.4, 0.5) is 5.82 Å². The molecule has 0 spiro atoms. The number of carbonyl (C=O) groups excluding carboxylic acids is 1. The van der Waals surface area contributed by atoms with Crippen LogP contribution in [0.5, 0.6) is 0 Å². The number of carbonyl (C=O) groups is 1. The van der Waals surface area contributed by atoms with Crippen LogP contribution in [0.25, 0.3) is 0 Å². The first-order valence-corrected chi connectivity index (χ1v) is 12.3. The van der Waals surface area contributed by atoms with E-state index in [4.69, 9.17) is 9.94 Å². The van der Waals surface area contributed by atoms with Crippen LogP contribution in [0.15, 0.2) is 46.7 Å². The van der Waals surface area contributed by atoms with Crippen LogP contribution >= 0.6 is 0 Å². The van der Waals surface area contributed by atoms with Gasteiger partial charge in [-0.3, -0.25) is 4.79 Å². The van der Waals surface area contributed by atoms with Gasteiger partial charge in [-0.05, 0) is 56.6 Å². The molecule has 33 heavy (non-hydrogen) atoms. The van der Waals surface area contributed by atoms with Gasteiger partial charge in [0.15, 0.2) is 21.4 Å². The van der Waals surface area contributed by atoms with Crippen LogP contribution < -0.4 is 5.32 Å². The van der Waals surface area contributed by atoms with Crippen LogP contribution in [-0.2, 0) is 19.5 Å². The maximum atomic E-state index is 13.0. The summed E-state index contributed by atoms with van der Waals surface area (Å²) in [6.07, 6.45) is 7.89. The van der Waals surface area contributed by atoms with Crippen LogP contribution in [0.2, 0.25) is 0 Å². The number of nitrogens with zero attached hydrogens (tertiary/aromatic N) is 3. The summed E-state index contributed by atoms with van der Waals surface area (Å²) in [7, 11) is -3.33.